The quantitative estimate of drug-likeness (QED) is 0.164. The van der Waals surface area contributed by atoms with Crippen molar-refractivity contribution < 1.29 is 38.1 Å². The largest absolute Gasteiger partial charge is 0.379 e. The van der Waals surface area contributed by atoms with E-state index in [0.717, 1.165) is 25.9 Å². The highest BCUT2D eigenvalue weighted by Gasteiger charge is 1.97. The molecule has 0 heterocycles. The highest BCUT2D eigenvalue weighted by Crippen LogP contribution is 1.98. The standard InChI is InChI=1S/C9H18O2.C8H16O2.C7H14O2.C6H12O2.CH4/c1-8(2)11-7-5-4-6-9(3)10;1-7(2)10-6-4-5-8(3)9;1-6(2)9-5-4-7(3)8;1-5(2)8-4-6(3)7;/h8H,4-7H2,1-3H3;7H,4-6H2,1-3H3;6H,4-5H2,1-3H3;5H,4H2,1-3H3;1H4. The zero-order valence-corrected chi connectivity index (χ0v) is 26.6. The lowest BCUT2D eigenvalue weighted by molar-refractivity contribution is -0.123. The number of unbranched alkanes of at least 4 members (excludes halogenated alkanes) is 1. The zero-order chi connectivity index (χ0) is 30.5. The summed E-state index contributed by atoms with van der Waals surface area (Å²) >= 11 is 0. The molecule has 0 bridgehead atoms. The van der Waals surface area contributed by atoms with Gasteiger partial charge in [-0.1, -0.05) is 7.43 Å². The molecule has 0 saturated carbocycles. The molecule has 0 amide bonds. The molecular formula is C31H64O8. The Morgan fingerprint density at radius 3 is 1.08 bits per heavy atom. The van der Waals surface area contributed by atoms with Crippen molar-refractivity contribution in [2.45, 2.75) is 153 Å². The van der Waals surface area contributed by atoms with Gasteiger partial charge in [0.1, 0.15) is 24.0 Å². The van der Waals surface area contributed by atoms with Crippen molar-refractivity contribution in [3.63, 3.8) is 0 Å². The predicted molar refractivity (Wildman–Crippen MR) is 162 cm³/mol. The molecule has 8 heteroatoms. The fraction of sp³-hybridized carbons (Fsp3) is 0.871. The van der Waals surface area contributed by atoms with Gasteiger partial charge in [0.2, 0.25) is 0 Å². The SMILES string of the molecule is C.CC(=O)CCCCOC(C)C.CC(=O)CCCOC(C)C.CC(=O)CCOC(C)C.CC(=O)COC(C)C. The van der Waals surface area contributed by atoms with Crippen molar-refractivity contribution in [3.8, 4) is 0 Å². The normalized spacial score (nSPS) is 10.1. The average Bonchev–Trinajstić information content (AvgIpc) is 2.75. The molecule has 0 unspecified atom stereocenters. The molecule has 0 N–H and O–H groups in total. The first-order chi connectivity index (χ1) is 17.5. The van der Waals surface area contributed by atoms with Crippen LogP contribution in [0.2, 0.25) is 0 Å². The number of ether oxygens (including phenoxy) is 4. The summed E-state index contributed by atoms with van der Waals surface area (Å²) in [4.78, 5) is 41.5. The number of carbonyl (C=O) groups excluding carboxylic acids is 4. The number of rotatable bonds is 18. The van der Waals surface area contributed by atoms with E-state index in [1.165, 1.54) is 6.92 Å². The lowest BCUT2D eigenvalue weighted by Gasteiger charge is -2.05. The van der Waals surface area contributed by atoms with Gasteiger partial charge in [0.15, 0.2) is 5.78 Å². The van der Waals surface area contributed by atoms with E-state index in [2.05, 4.69) is 0 Å². The molecule has 0 atom stereocenters. The molecule has 39 heavy (non-hydrogen) atoms. The summed E-state index contributed by atoms with van der Waals surface area (Å²) in [5, 5.41) is 0. The van der Waals surface area contributed by atoms with Crippen molar-refractivity contribution >= 4 is 23.1 Å². The van der Waals surface area contributed by atoms with Crippen molar-refractivity contribution in [3.05, 3.63) is 0 Å². The van der Waals surface area contributed by atoms with E-state index in [9.17, 15) is 19.2 Å². The van der Waals surface area contributed by atoms with E-state index in [1.807, 2.05) is 55.4 Å². The van der Waals surface area contributed by atoms with E-state index in [0.29, 0.717) is 38.6 Å². The predicted octanol–water partition coefficient (Wildman–Crippen LogP) is 6.98. The first-order valence-electron chi connectivity index (χ1n) is 13.9. The van der Waals surface area contributed by atoms with Crippen LogP contribution in [0.5, 0.6) is 0 Å². The molecule has 0 saturated heterocycles. The van der Waals surface area contributed by atoms with E-state index in [1.54, 1.807) is 20.8 Å². The van der Waals surface area contributed by atoms with Crippen LogP contribution in [-0.2, 0) is 38.1 Å². The van der Waals surface area contributed by atoms with Gasteiger partial charge in [0.05, 0.1) is 31.0 Å². The summed E-state index contributed by atoms with van der Waals surface area (Å²) in [6.45, 7) is 24.4. The Bertz CT molecular complexity index is 569. The molecule has 0 aliphatic carbocycles. The van der Waals surface area contributed by atoms with Crippen LogP contribution in [0.4, 0.5) is 0 Å². The average molecular weight is 565 g/mol. The van der Waals surface area contributed by atoms with Gasteiger partial charge >= 0.3 is 0 Å². The molecule has 0 radical (unpaired) electrons. The molecule has 8 nitrogen and oxygen atoms in total. The fourth-order valence-electron chi connectivity index (χ4n) is 2.16. The summed E-state index contributed by atoms with van der Waals surface area (Å²) in [7, 11) is 0. The molecule has 0 rings (SSSR count). The third-order valence-corrected chi connectivity index (χ3v) is 4.02. The van der Waals surface area contributed by atoms with E-state index < -0.39 is 0 Å². The Labute approximate surface area is 241 Å². The van der Waals surface area contributed by atoms with Crippen LogP contribution in [0.25, 0.3) is 0 Å². The topological polar surface area (TPSA) is 105 Å². The van der Waals surface area contributed by atoms with Crippen molar-refractivity contribution in [1.29, 1.82) is 0 Å². The zero-order valence-electron chi connectivity index (χ0n) is 26.6. The van der Waals surface area contributed by atoms with Crippen LogP contribution in [0.3, 0.4) is 0 Å². The molecule has 0 aromatic heterocycles. The van der Waals surface area contributed by atoms with Crippen molar-refractivity contribution in [2.75, 3.05) is 26.4 Å². The second kappa shape index (κ2) is 34.5. The van der Waals surface area contributed by atoms with Gasteiger partial charge in [-0.2, -0.15) is 0 Å². The summed E-state index contributed by atoms with van der Waals surface area (Å²) in [5.74, 6) is 0.788. The molecule has 0 aliphatic rings. The van der Waals surface area contributed by atoms with Crippen LogP contribution >= 0.6 is 0 Å². The first-order valence-corrected chi connectivity index (χ1v) is 13.9. The third-order valence-electron chi connectivity index (χ3n) is 4.02. The number of ketones is 4. The van der Waals surface area contributed by atoms with E-state index >= 15 is 0 Å². The lowest BCUT2D eigenvalue weighted by atomic mass is 10.2. The van der Waals surface area contributed by atoms with Gasteiger partial charge in [0, 0.05) is 32.5 Å². The highest BCUT2D eigenvalue weighted by molar-refractivity contribution is 5.76. The Kier molecular flexibility index (Phi) is 41.9. The minimum absolute atomic E-state index is 0. The maximum atomic E-state index is 10.5. The molecule has 0 aliphatic heterocycles. The molecule has 0 spiro atoms. The van der Waals surface area contributed by atoms with Crippen LogP contribution in [0.1, 0.15) is 129 Å². The van der Waals surface area contributed by atoms with Gasteiger partial charge < -0.3 is 28.5 Å². The van der Waals surface area contributed by atoms with Gasteiger partial charge in [-0.3, -0.25) is 9.59 Å². The Balaban J connectivity index is -0.000000131. The number of carbonyl (C=O) groups is 4. The number of hydrogen-bond donors (Lipinski definition) is 0. The summed E-state index contributed by atoms with van der Waals surface area (Å²) in [6.07, 6.45) is 5.70. The molecule has 0 aromatic carbocycles. The smallest absolute Gasteiger partial charge is 0.155 e. The van der Waals surface area contributed by atoms with Crippen LogP contribution in [0, 0.1) is 0 Å². The maximum absolute atomic E-state index is 10.5. The number of hydrogen-bond acceptors (Lipinski definition) is 8. The molecule has 0 fully saturated rings. The van der Waals surface area contributed by atoms with Crippen LogP contribution in [0.15, 0.2) is 0 Å². The molecule has 236 valence electrons. The van der Waals surface area contributed by atoms with Gasteiger partial charge in [-0.25, -0.2) is 0 Å². The minimum atomic E-state index is 0. The third kappa shape index (κ3) is 72.4. The van der Waals surface area contributed by atoms with Gasteiger partial charge in [0.25, 0.3) is 0 Å². The van der Waals surface area contributed by atoms with Crippen molar-refractivity contribution in [2.24, 2.45) is 0 Å². The van der Waals surface area contributed by atoms with Crippen molar-refractivity contribution in [1.82, 2.24) is 0 Å². The monoisotopic (exact) mass is 564 g/mol. The highest BCUT2D eigenvalue weighted by atomic mass is 16.5. The summed E-state index contributed by atoms with van der Waals surface area (Å²) in [6, 6.07) is 0. The molecular weight excluding hydrogens is 500 g/mol. The number of Topliss-reactive ketones (excluding diaryl/α,β-unsaturated/α-hetero) is 4. The van der Waals surface area contributed by atoms with Crippen LogP contribution < -0.4 is 0 Å². The summed E-state index contributed by atoms with van der Waals surface area (Å²) in [5.41, 5.74) is 0. The Hall–Kier alpha value is -1.48. The fourth-order valence-corrected chi connectivity index (χ4v) is 2.16. The maximum Gasteiger partial charge on any atom is 0.155 e. The first kappa shape index (κ1) is 47.3. The van der Waals surface area contributed by atoms with Crippen LogP contribution in [-0.4, -0.2) is 74.0 Å². The lowest BCUT2D eigenvalue weighted by Crippen LogP contribution is -2.09. The van der Waals surface area contributed by atoms with Gasteiger partial charge in [-0.05, 0) is 102 Å². The second-order valence-electron chi connectivity index (χ2n) is 10.2. The Morgan fingerprint density at radius 2 is 0.769 bits per heavy atom. The Morgan fingerprint density at radius 1 is 0.436 bits per heavy atom. The van der Waals surface area contributed by atoms with Gasteiger partial charge in [-0.15, -0.1) is 0 Å². The van der Waals surface area contributed by atoms with E-state index in [-0.39, 0.29) is 55.5 Å². The summed E-state index contributed by atoms with van der Waals surface area (Å²) < 4.78 is 20.6. The molecule has 0 aromatic rings. The van der Waals surface area contributed by atoms with E-state index in [4.69, 9.17) is 18.9 Å². The second-order valence-corrected chi connectivity index (χ2v) is 10.2. The minimum Gasteiger partial charge on any atom is -0.379 e.